The predicted molar refractivity (Wildman–Crippen MR) is 75.9 cm³/mol. The zero-order chi connectivity index (χ0) is 14.5. The van der Waals surface area contributed by atoms with Gasteiger partial charge in [0.25, 0.3) is 0 Å². The number of aromatic nitrogens is 2. The molecule has 2 N–H and O–H groups in total. The van der Waals surface area contributed by atoms with Crippen LogP contribution in [-0.2, 0) is 26.1 Å². The smallest absolute Gasteiger partial charge is 0.131 e. The number of benzene rings is 1. The molecule has 5 heteroatoms. The number of ether oxygens (including phenoxy) is 1. The minimum Gasteiger partial charge on any atom is -0.487 e. The summed E-state index contributed by atoms with van der Waals surface area (Å²) in [6.45, 7) is 5.45. The van der Waals surface area contributed by atoms with E-state index in [0.29, 0.717) is 17.9 Å². The molecular formula is C15H20FN3O. The van der Waals surface area contributed by atoms with Crippen molar-refractivity contribution in [2.24, 2.45) is 5.73 Å². The molecule has 0 saturated carbocycles. The number of nitrogens with two attached hydrogens (primary N) is 1. The van der Waals surface area contributed by atoms with Gasteiger partial charge >= 0.3 is 0 Å². The molecule has 0 aliphatic heterocycles. The van der Waals surface area contributed by atoms with Crippen LogP contribution in [0, 0.1) is 5.82 Å². The summed E-state index contributed by atoms with van der Waals surface area (Å²) in [5.74, 6) is 0.171. The van der Waals surface area contributed by atoms with Crippen LogP contribution in [0.5, 0.6) is 5.75 Å². The van der Waals surface area contributed by atoms with Crippen LogP contribution in [0.2, 0.25) is 0 Å². The maximum absolute atomic E-state index is 13.6. The molecule has 0 fully saturated rings. The molecule has 0 unspecified atom stereocenters. The maximum atomic E-state index is 13.6. The van der Waals surface area contributed by atoms with E-state index in [1.165, 1.54) is 6.07 Å². The first-order valence-corrected chi connectivity index (χ1v) is 6.84. The van der Waals surface area contributed by atoms with Gasteiger partial charge in [-0.2, -0.15) is 5.10 Å². The topological polar surface area (TPSA) is 53.1 Å². The van der Waals surface area contributed by atoms with Crippen LogP contribution in [0.3, 0.4) is 0 Å². The maximum Gasteiger partial charge on any atom is 0.131 e. The van der Waals surface area contributed by atoms with Crippen molar-refractivity contribution in [1.82, 2.24) is 9.78 Å². The van der Waals surface area contributed by atoms with Crippen LogP contribution < -0.4 is 10.5 Å². The van der Waals surface area contributed by atoms with Crippen LogP contribution in [0.1, 0.15) is 30.8 Å². The standard InChI is InChI=1S/C15H20FN3O/c1-3-12-7-13(19(4-2)18-12)10-20-14-6-5-11(9-17)15(16)8-14/h5-8H,3-4,9-10,17H2,1-2H3. The van der Waals surface area contributed by atoms with Gasteiger partial charge in [-0.25, -0.2) is 4.39 Å². The third kappa shape index (κ3) is 3.17. The first-order chi connectivity index (χ1) is 9.67. The monoisotopic (exact) mass is 277 g/mol. The molecule has 0 amide bonds. The lowest BCUT2D eigenvalue weighted by Crippen LogP contribution is -2.06. The Labute approximate surface area is 118 Å². The normalized spacial score (nSPS) is 10.8. The molecule has 1 aromatic carbocycles. The van der Waals surface area contributed by atoms with Gasteiger partial charge in [0.05, 0.1) is 11.4 Å². The summed E-state index contributed by atoms with van der Waals surface area (Å²) >= 11 is 0. The van der Waals surface area contributed by atoms with Gasteiger partial charge in [0, 0.05) is 24.7 Å². The molecule has 0 bridgehead atoms. The number of nitrogens with zero attached hydrogens (tertiary/aromatic N) is 2. The Kier molecular flexibility index (Phi) is 4.74. The minimum absolute atomic E-state index is 0.189. The molecule has 1 heterocycles. The second kappa shape index (κ2) is 6.52. The highest BCUT2D eigenvalue weighted by Crippen LogP contribution is 2.18. The molecule has 0 spiro atoms. The van der Waals surface area contributed by atoms with Crippen LogP contribution in [0.15, 0.2) is 24.3 Å². The van der Waals surface area contributed by atoms with Gasteiger partial charge in [0.15, 0.2) is 0 Å². The summed E-state index contributed by atoms with van der Waals surface area (Å²) in [6.07, 6.45) is 0.889. The lowest BCUT2D eigenvalue weighted by molar-refractivity contribution is 0.291. The Morgan fingerprint density at radius 1 is 1.30 bits per heavy atom. The third-order valence-corrected chi connectivity index (χ3v) is 3.21. The number of rotatable bonds is 6. The number of aryl methyl sites for hydroxylation is 2. The molecule has 0 atom stereocenters. The van der Waals surface area contributed by atoms with Gasteiger partial charge in [-0.1, -0.05) is 13.0 Å². The molecule has 0 aliphatic rings. The summed E-state index contributed by atoms with van der Waals surface area (Å²) in [7, 11) is 0. The zero-order valence-corrected chi connectivity index (χ0v) is 11.9. The lowest BCUT2D eigenvalue weighted by Gasteiger charge is -2.09. The van der Waals surface area contributed by atoms with E-state index < -0.39 is 0 Å². The van der Waals surface area contributed by atoms with Crippen molar-refractivity contribution < 1.29 is 9.13 Å². The molecule has 0 radical (unpaired) electrons. The summed E-state index contributed by atoms with van der Waals surface area (Å²) in [5, 5.41) is 4.45. The average molecular weight is 277 g/mol. The largest absolute Gasteiger partial charge is 0.487 e. The predicted octanol–water partition coefficient (Wildman–Crippen LogP) is 2.64. The van der Waals surface area contributed by atoms with Gasteiger partial charge in [-0.15, -0.1) is 0 Å². The highest BCUT2D eigenvalue weighted by molar-refractivity contribution is 5.29. The summed E-state index contributed by atoms with van der Waals surface area (Å²) in [5.41, 5.74) is 7.95. The van der Waals surface area contributed by atoms with E-state index in [0.717, 1.165) is 24.4 Å². The molecule has 0 saturated heterocycles. The van der Waals surface area contributed by atoms with E-state index in [4.69, 9.17) is 10.5 Å². The molecule has 0 aliphatic carbocycles. The molecule has 4 nitrogen and oxygen atoms in total. The fraction of sp³-hybridized carbons (Fsp3) is 0.400. The SMILES string of the molecule is CCc1cc(COc2ccc(CN)c(F)c2)n(CC)n1. The average Bonchev–Trinajstić information content (AvgIpc) is 2.87. The quantitative estimate of drug-likeness (QED) is 0.883. The van der Waals surface area contributed by atoms with Crippen molar-refractivity contribution in [3.63, 3.8) is 0 Å². The van der Waals surface area contributed by atoms with Gasteiger partial charge in [0.2, 0.25) is 0 Å². The van der Waals surface area contributed by atoms with E-state index in [1.54, 1.807) is 12.1 Å². The summed E-state index contributed by atoms with van der Waals surface area (Å²) in [4.78, 5) is 0. The second-order valence-corrected chi connectivity index (χ2v) is 4.54. The third-order valence-electron chi connectivity index (χ3n) is 3.21. The van der Waals surface area contributed by atoms with E-state index in [1.807, 2.05) is 17.7 Å². The molecule has 108 valence electrons. The minimum atomic E-state index is -0.330. The van der Waals surface area contributed by atoms with E-state index in [2.05, 4.69) is 12.0 Å². The number of hydrogen-bond acceptors (Lipinski definition) is 3. The van der Waals surface area contributed by atoms with E-state index >= 15 is 0 Å². The van der Waals surface area contributed by atoms with Crippen molar-refractivity contribution in [2.75, 3.05) is 0 Å². The van der Waals surface area contributed by atoms with Gasteiger partial charge < -0.3 is 10.5 Å². The van der Waals surface area contributed by atoms with Crippen LogP contribution in [0.4, 0.5) is 4.39 Å². The Balaban J connectivity index is 2.08. The van der Waals surface area contributed by atoms with E-state index in [-0.39, 0.29) is 12.4 Å². The Bertz CT molecular complexity index is 580. The van der Waals surface area contributed by atoms with E-state index in [9.17, 15) is 4.39 Å². The van der Waals surface area contributed by atoms with Crippen molar-refractivity contribution >= 4 is 0 Å². The molecular weight excluding hydrogens is 257 g/mol. The number of hydrogen-bond donors (Lipinski definition) is 1. The summed E-state index contributed by atoms with van der Waals surface area (Å²) in [6, 6.07) is 6.78. The number of halogens is 1. The zero-order valence-electron chi connectivity index (χ0n) is 11.9. The van der Waals surface area contributed by atoms with Gasteiger partial charge in [-0.3, -0.25) is 4.68 Å². The van der Waals surface area contributed by atoms with Crippen LogP contribution >= 0.6 is 0 Å². The first kappa shape index (κ1) is 14.5. The molecule has 1 aromatic heterocycles. The van der Waals surface area contributed by atoms with Crippen molar-refractivity contribution in [3.8, 4) is 5.75 Å². The molecule has 2 aromatic rings. The van der Waals surface area contributed by atoms with Crippen molar-refractivity contribution in [1.29, 1.82) is 0 Å². The first-order valence-electron chi connectivity index (χ1n) is 6.84. The van der Waals surface area contributed by atoms with Crippen LogP contribution in [-0.4, -0.2) is 9.78 Å². The summed E-state index contributed by atoms with van der Waals surface area (Å²) < 4.78 is 21.1. The fourth-order valence-electron chi connectivity index (χ4n) is 2.02. The van der Waals surface area contributed by atoms with Crippen molar-refractivity contribution in [2.45, 2.75) is 40.0 Å². The molecule has 2 rings (SSSR count). The highest BCUT2D eigenvalue weighted by atomic mass is 19.1. The van der Waals surface area contributed by atoms with Crippen molar-refractivity contribution in [3.05, 3.63) is 47.0 Å². The Morgan fingerprint density at radius 2 is 2.10 bits per heavy atom. The Hall–Kier alpha value is -1.88. The molecule has 20 heavy (non-hydrogen) atoms. The van der Waals surface area contributed by atoms with Crippen LogP contribution in [0.25, 0.3) is 0 Å². The van der Waals surface area contributed by atoms with Gasteiger partial charge in [0.1, 0.15) is 18.2 Å². The fourth-order valence-corrected chi connectivity index (χ4v) is 2.02. The Morgan fingerprint density at radius 3 is 2.70 bits per heavy atom. The second-order valence-electron chi connectivity index (χ2n) is 4.54. The highest BCUT2D eigenvalue weighted by Gasteiger charge is 2.08. The lowest BCUT2D eigenvalue weighted by atomic mass is 10.2. The van der Waals surface area contributed by atoms with Gasteiger partial charge in [-0.05, 0) is 25.5 Å².